The molecular formula is C28H35N7O2. The standard InChI is InChI=1S/C28H35N7O2/c1-4-29-28(36)31-23-7-5-22(6-8-23)26-32-25-17-34(16-21-9-11-30-19(2)15-21)12-10-24(25)27(33-26)35-13-14-37-18-20(35)3/h5-9,11,15,20H,4,10,12-14,16-18H2,1-3H3,(H2,29,31,36)/t20-/m0/s1. The maximum absolute atomic E-state index is 11.9. The van der Waals surface area contributed by atoms with E-state index in [1.54, 1.807) is 0 Å². The van der Waals surface area contributed by atoms with Crippen molar-refractivity contribution >= 4 is 17.5 Å². The molecule has 194 valence electrons. The number of morpholine rings is 1. The molecule has 0 unspecified atom stereocenters. The average molecular weight is 502 g/mol. The van der Waals surface area contributed by atoms with Crippen molar-refractivity contribution in [2.45, 2.75) is 46.3 Å². The van der Waals surface area contributed by atoms with Gasteiger partial charge in [-0.25, -0.2) is 14.8 Å². The number of urea groups is 1. The van der Waals surface area contributed by atoms with E-state index in [-0.39, 0.29) is 12.1 Å². The zero-order chi connectivity index (χ0) is 25.8. The number of carbonyl (C=O) groups is 1. The van der Waals surface area contributed by atoms with Crippen LogP contribution in [0.4, 0.5) is 16.3 Å². The Labute approximate surface area is 218 Å². The summed E-state index contributed by atoms with van der Waals surface area (Å²) in [6.45, 7) is 11.5. The van der Waals surface area contributed by atoms with Crippen molar-refractivity contribution in [3.05, 3.63) is 65.1 Å². The number of pyridine rings is 1. The summed E-state index contributed by atoms with van der Waals surface area (Å²) in [6, 6.07) is 12.0. The topological polar surface area (TPSA) is 95.5 Å². The second-order valence-corrected chi connectivity index (χ2v) is 9.74. The first-order valence-electron chi connectivity index (χ1n) is 13.0. The SMILES string of the molecule is CCNC(=O)Nc1ccc(-c2nc3c(c(N4CCOC[C@@H]4C)n2)CCN(Cc2ccnc(C)c2)C3)cc1. The van der Waals surface area contributed by atoms with E-state index in [4.69, 9.17) is 14.7 Å². The van der Waals surface area contributed by atoms with Gasteiger partial charge in [0.15, 0.2) is 5.82 Å². The number of nitrogens with one attached hydrogen (secondary N) is 2. The molecular weight excluding hydrogens is 466 g/mol. The summed E-state index contributed by atoms with van der Waals surface area (Å²) in [5, 5.41) is 5.60. The molecule has 9 heteroatoms. The van der Waals surface area contributed by atoms with Gasteiger partial charge in [-0.05, 0) is 69.2 Å². The molecule has 2 aliphatic heterocycles. The van der Waals surface area contributed by atoms with Crippen molar-refractivity contribution in [2.75, 3.05) is 43.1 Å². The monoisotopic (exact) mass is 501 g/mol. The van der Waals surface area contributed by atoms with Crippen LogP contribution >= 0.6 is 0 Å². The quantitative estimate of drug-likeness (QED) is 0.531. The van der Waals surface area contributed by atoms with E-state index in [1.807, 2.05) is 44.3 Å². The van der Waals surface area contributed by atoms with Crippen LogP contribution in [0.3, 0.4) is 0 Å². The predicted octanol–water partition coefficient (Wildman–Crippen LogP) is 3.77. The third kappa shape index (κ3) is 5.89. The summed E-state index contributed by atoms with van der Waals surface area (Å²) < 4.78 is 5.71. The Balaban J connectivity index is 1.45. The number of nitrogens with zero attached hydrogens (tertiary/aromatic N) is 5. The summed E-state index contributed by atoms with van der Waals surface area (Å²) in [6.07, 6.45) is 2.79. The van der Waals surface area contributed by atoms with Crippen molar-refractivity contribution in [3.63, 3.8) is 0 Å². The van der Waals surface area contributed by atoms with Gasteiger partial charge >= 0.3 is 6.03 Å². The lowest BCUT2D eigenvalue weighted by Gasteiger charge is -2.38. The fourth-order valence-corrected chi connectivity index (χ4v) is 5.01. The minimum Gasteiger partial charge on any atom is -0.377 e. The zero-order valence-corrected chi connectivity index (χ0v) is 21.8. The van der Waals surface area contributed by atoms with Crippen LogP contribution in [-0.2, 0) is 24.2 Å². The Morgan fingerprint density at radius 2 is 2.00 bits per heavy atom. The lowest BCUT2D eigenvalue weighted by atomic mass is 10.0. The fraction of sp³-hybridized carbons (Fsp3) is 0.429. The number of anilines is 2. The average Bonchev–Trinajstić information content (AvgIpc) is 2.89. The first kappa shape index (κ1) is 25.1. The molecule has 0 bridgehead atoms. The molecule has 0 spiro atoms. The molecule has 1 saturated heterocycles. The van der Waals surface area contributed by atoms with Crippen LogP contribution < -0.4 is 15.5 Å². The molecule has 2 amide bonds. The van der Waals surface area contributed by atoms with Crippen LogP contribution in [0.1, 0.15) is 36.4 Å². The minimum atomic E-state index is -0.214. The van der Waals surface area contributed by atoms with Crippen LogP contribution in [0, 0.1) is 6.92 Å². The van der Waals surface area contributed by atoms with E-state index >= 15 is 0 Å². The largest absolute Gasteiger partial charge is 0.377 e. The number of fused-ring (bicyclic) bond motifs is 1. The summed E-state index contributed by atoms with van der Waals surface area (Å²) in [7, 11) is 0. The summed E-state index contributed by atoms with van der Waals surface area (Å²) in [4.78, 5) is 31.2. The Hall–Kier alpha value is -3.56. The fourth-order valence-electron chi connectivity index (χ4n) is 5.01. The molecule has 2 aromatic heterocycles. The summed E-state index contributed by atoms with van der Waals surface area (Å²) in [5.41, 5.74) is 6.28. The second-order valence-electron chi connectivity index (χ2n) is 9.74. The molecule has 9 nitrogen and oxygen atoms in total. The Morgan fingerprint density at radius 1 is 1.16 bits per heavy atom. The number of aromatic nitrogens is 3. The lowest BCUT2D eigenvalue weighted by molar-refractivity contribution is 0.0983. The number of aryl methyl sites for hydroxylation is 1. The molecule has 5 rings (SSSR count). The highest BCUT2D eigenvalue weighted by molar-refractivity contribution is 5.89. The minimum absolute atomic E-state index is 0.214. The van der Waals surface area contributed by atoms with Crippen LogP contribution in [0.5, 0.6) is 0 Å². The van der Waals surface area contributed by atoms with Gasteiger partial charge in [0.25, 0.3) is 0 Å². The molecule has 1 fully saturated rings. The van der Waals surface area contributed by atoms with Gasteiger partial charge in [0, 0.05) is 61.4 Å². The Kier molecular flexibility index (Phi) is 7.62. The van der Waals surface area contributed by atoms with Crippen LogP contribution in [-0.4, -0.2) is 64.8 Å². The van der Waals surface area contributed by atoms with Gasteiger partial charge in [-0.15, -0.1) is 0 Å². The van der Waals surface area contributed by atoms with E-state index in [0.717, 1.165) is 61.1 Å². The van der Waals surface area contributed by atoms with Gasteiger partial charge in [0.05, 0.1) is 24.9 Å². The highest BCUT2D eigenvalue weighted by Gasteiger charge is 2.29. The number of carbonyl (C=O) groups excluding carboxylic acids is 1. The number of amides is 2. The molecule has 37 heavy (non-hydrogen) atoms. The zero-order valence-electron chi connectivity index (χ0n) is 21.8. The van der Waals surface area contributed by atoms with Crippen LogP contribution in [0.2, 0.25) is 0 Å². The van der Waals surface area contributed by atoms with Gasteiger partial charge in [-0.3, -0.25) is 9.88 Å². The van der Waals surface area contributed by atoms with Crippen molar-refractivity contribution in [2.24, 2.45) is 0 Å². The van der Waals surface area contributed by atoms with E-state index in [1.165, 1.54) is 11.1 Å². The molecule has 1 atom stereocenters. The molecule has 1 aromatic carbocycles. The van der Waals surface area contributed by atoms with Gasteiger partial charge in [-0.2, -0.15) is 0 Å². The Bertz CT molecular complexity index is 1250. The number of hydrogen-bond donors (Lipinski definition) is 2. The molecule has 3 aromatic rings. The van der Waals surface area contributed by atoms with Gasteiger partial charge in [0.1, 0.15) is 5.82 Å². The van der Waals surface area contributed by atoms with Crippen molar-refractivity contribution in [3.8, 4) is 11.4 Å². The molecule has 2 N–H and O–H groups in total. The summed E-state index contributed by atoms with van der Waals surface area (Å²) in [5.74, 6) is 1.73. The first-order chi connectivity index (χ1) is 18.0. The highest BCUT2D eigenvalue weighted by atomic mass is 16.5. The number of ether oxygens (including phenoxy) is 1. The molecule has 0 aliphatic carbocycles. The van der Waals surface area contributed by atoms with Crippen LogP contribution in [0.15, 0.2) is 42.6 Å². The normalized spacial score (nSPS) is 17.8. The van der Waals surface area contributed by atoms with Gasteiger partial charge in [0.2, 0.25) is 0 Å². The molecule has 4 heterocycles. The van der Waals surface area contributed by atoms with Gasteiger partial charge in [-0.1, -0.05) is 0 Å². The van der Waals surface area contributed by atoms with E-state index in [9.17, 15) is 4.79 Å². The third-order valence-corrected chi connectivity index (χ3v) is 6.87. The number of benzene rings is 1. The smallest absolute Gasteiger partial charge is 0.319 e. The predicted molar refractivity (Wildman–Crippen MR) is 145 cm³/mol. The second kappa shape index (κ2) is 11.2. The van der Waals surface area contributed by atoms with E-state index in [0.29, 0.717) is 25.6 Å². The molecule has 2 aliphatic rings. The van der Waals surface area contributed by atoms with Gasteiger partial charge < -0.3 is 20.3 Å². The number of rotatable bonds is 6. The van der Waals surface area contributed by atoms with Crippen molar-refractivity contribution < 1.29 is 9.53 Å². The lowest BCUT2D eigenvalue weighted by Crippen LogP contribution is -2.45. The third-order valence-electron chi connectivity index (χ3n) is 6.87. The Morgan fingerprint density at radius 3 is 2.76 bits per heavy atom. The van der Waals surface area contributed by atoms with Crippen LogP contribution in [0.25, 0.3) is 11.4 Å². The summed E-state index contributed by atoms with van der Waals surface area (Å²) >= 11 is 0. The molecule has 0 saturated carbocycles. The number of hydrogen-bond acceptors (Lipinski definition) is 7. The van der Waals surface area contributed by atoms with E-state index in [2.05, 4.69) is 44.5 Å². The van der Waals surface area contributed by atoms with Crippen molar-refractivity contribution in [1.82, 2.24) is 25.2 Å². The highest BCUT2D eigenvalue weighted by Crippen LogP contribution is 2.32. The maximum atomic E-state index is 11.9. The molecule has 0 radical (unpaired) electrons. The van der Waals surface area contributed by atoms with E-state index < -0.39 is 0 Å². The van der Waals surface area contributed by atoms with Crippen molar-refractivity contribution in [1.29, 1.82) is 0 Å². The first-order valence-corrected chi connectivity index (χ1v) is 13.0. The maximum Gasteiger partial charge on any atom is 0.319 e.